The average molecular weight is 220 g/mol. The predicted molar refractivity (Wildman–Crippen MR) is 57.7 cm³/mol. The second-order valence-electron chi connectivity index (χ2n) is 3.93. The van der Waals surface area contributed by atoms with Crippen molar-refractivity contribution in [2.24, 2.45) is 0 Å². The lowest BCUT2D eigenvalue weighted by molar-refractivity contribution is 0.195. The van der Waals surface area contributed by atoms with Crippen LogP contribution < -0.4 is 0 Å². The van der Waals surface area contributed by atoms with Crippen LogP contribution in [0.25, 0.3) is 0 Å². The zero-order valence-corrected chi connectivity index (χ0v) is 10.0. The predicted octanol–water partition coefficient (Wildman–Crippen LogP) is 0.362. The molecule has 0 amide bonds. The average Bonchev–Trinajstić information content (AvgIpc) is 2.17. The fourth-order valence-electron chi connectivity index (χ4n) is 1.60. The van der Waals surface area contributed by atoms with Crippen LogP contribution in [0.1, 0.15) is 20.8 Å². The molecule has 0 unspecified atom stereocenters. The number of hydrogen-bond donors (Lipinski definition) is 0. The van der Waals surface area contributed by atoms with Crippen molar-refractivity contribution >= 4 is 10.0 Å². The van der Waals surface area contributed by atoms with Crippen LogP contribution in [-0.2, 0) is 10.0 Å². The first kappa shape index (κ1) is 11.9. The highest BCUT2D eigenvalue weighted by Crippen LogP contribution is 2.11. The molecule has 0 aromatic rings. The maximum absolute atomic E-state index is 11.8. The number of nitrogens with zero attached hydrogens (tertiary/aromatic N) is 2. The summed E-state index contributed by atoms with van der Waals surface area (Å²) < 4.78 is 25.2. The molecule has 0 bridgehead atoms. The zero-order valence-electron chi connectivity index (χ0n) is 9.23. The molecule has 1 aliphatic heterocycles. The van der Waals surface area contributed by atoms with Crippen molar-refractivity contribution in [3.05, 3.63) is 0 Å². The molecule has 0 saturated carbocycles. The number of sulfonamides is 1. The number of rotatable bonds is 3. The van der Waals surface area contributed by atoms with Crippen LogP contribution in [0.3, 0.4) is 0 Å². The van der Waals surface area contributed by atoms with Crippen molar-refractivity contribution in [3.63, 3.8) is 0 Å². The molecule has 1 heterocycles. The van der Waals surface area contributed by atoms with Crippen LogP contribution in [0.15, 0.2) is 0 Å². The van der Waals surface area contributed by atoms with Gasteiger partial charge in [-0.3, -0.25) is 0 Å². The highest BCUT2D eigenvalue weighted by Gasteiger charge is 2.28. The standard InChI is InChI=1S/C9H20N2O2S/c1-4-10-5-7-11(8-6-10)14(12,13)9(2)3/h9H,4-8H2,1-3H3. The second kappa shape index (κ2) is 4.59. The second-order valence-corrected chi connectivity index (χ2v) is 6.42. The molecular formula is C9H20N2O2S. The smallest absolute Gasteiger partial charge is 0.216 e. The van der Waals surface area contributed by atoms with Crippen LogP contribution in [0.2, 0.25) is 0 Å². The molecular weight excluding hydrogens is 200 g/mol. The SMILES string of the molecule is CCN1CCN(S(=O)(=O)C(C)C)CC1. The molecule has 14 heavy (non-hydrogen) atoms. The van der Waals surface area contributed by atoms with Crippen LogP contribution >= 0.6 is 0 Å². The van der Waals surface area contributed by atoms with Gasteiger partial charge >= 0.3 is 0 Å². The summed E-state index contributed by atoms with van der Waals surface area (Å²) in [7, 11) is -3.02. The highest BCUT2D eigenvalue weighted by atomic mass is 32.2. The molecule has 5 heteroatoms. The van der Waals surface area contributed by atoms with Gasteiger partial charge in [0.2, 0.25) is 10.0 Å². The number of likely N-dealkylation sites (N-methyl/N-ethyl adjacent to an activating group) is 1. The van der Waals surface area contributed by atoms with Crippen LogP contribution in [0.4, 0.5) is 0 Å². The quantitative estimate of drug-likeness (QED) is 0.689. The first-order valence-corrected chi connectivity index (χ1v) is 6.70. The molecule has 1 saturated heterocycles. The minimum atomic E-state index is -3.02. The lowest BCUT2D eigenvalue weighted by atomic mass is 10.4. The molecule has 0 spiro atoms. The lowest BCUT2D eigenvalue weighted by Crippen LogP contribution is -2.50. The number of piperazine rings is 1. The van der Waals surface area contributed by atoms with Crippen LogP contribution in [-0.4, -0.2) is 55.6 Å². The molecule has 1 rings (SSSR count). The van der Waals surface area contributed by atoms with E-state index in [2.05, 4.69) is 11.8 Å². The van der Waals surface area contributed by atoms with Gasteiger partial charge in [0.1, 0.15) is 0 Å². The highest BCUT2D eigenvalue weighted by molar-refractivity contribution is 7.89. The Labute approximate surface area is 86.9 Å². The van der Waals surface area contributed by atoms with Crippen molar-refractivity contribution in [1.82, 2.24) is 9.21 Å². The van der Waals surface area contributed by atoms with Gasteiger partial charge in [-0.05, 0) is 20.4 Å². The molecule has 4 nitrogen and oxygen atoms in total. The summed E-state index contributed by atoms with van der Waals surface area (Å²) in [5.41, 5.74) is 0. The van der Waals surface area contributed by atoms with Crippen molar-refractivity contribution in [2.45, 2.75) is 26.0 Å². The maximum Gasteiger partial charge on any atom is 0.216 e. The summed E-state index contributed by atoms with van der Waals surface area (Å²) in [4.78, 5) is 2.27. The molecule has 1 fully saturated rings. The van der Waals surface area contributed by atoms with Gasteiger partial charge in [0, 0.05) is 26.2 Å². The molecule has 0 aliphatic carbocycles. The Bertz CT molecular complexity index is 267. The van der Waals surface area contributed by atoms with E-state index in [0.717, 1.165) is 19.6 Å². The van der Waals surface area contributed by atoms with Gasteiger partial charge in [-0.2, -0.15) is 4.31 Å². The molecule has 0 atom stereocenters. The van der Waals surface area contributed by atoms with E-state index in [-0.39, 0.29) is 5.25 Å². The molecule has 0 radical (unpaired) electrons. The minimum absolute atomic E-state index is 0.296. The largest absolute Gasteiger partial charge is 0.301 e. The Kier molecular flexibility index (Phi) is 3.92. The van der Waals surface area contributed by atoms with Crippen LogP contribution in [0.5, 0.6) is 0 Å². The van der Waals surface area contributed by atoms with Gasteiger partial charge in [-0.15, -0.1) is 0 Å². The summed E-state index contributed by atoms with van der Waals surface area (Å²) >= 11 is 0. The van der Waals surface area contributed by atoms with Gasteiger partial charge in [-0.25, -0.2) is 8.42 Å². The topological polar surface area (TPSA) is 40.6 Å². The van der Waals surface area contributed by atoms with Crippen molar-refractivity contribution < 1.29 is 8.42 Å². The van der Waals surface area contributed by atoms with Crippen molar-refractivity contribution in [2.75, 3.05) is 32.7 Å². The third-order valence-corrected chi connectivity index (χ3v) is 5.01. The third kappa shape index (κ3) is 2.46. The molecule has 0 aromatic heterocycles. The zero-order chi connectivity index (χ0) is 10.8. The van der Waals surface area contributed by atoms with Crippen molar-refractivity contribution in [3.8, 4) is 0 Å². The van der Waals surface area contributed by atoms with E-state index in [1.807, 2.05) is 0 Å². The summed E-state index contributed by atoms with van der Waals surface area (Å²) in [5.74, 6) is 0. The Morgan fingerprint density at radius 2 is 1.64 bits per heavy atom. The maximum atomic E-state index is 11.8. The molecule has 0 aromatic carbocycles. The Hall–Kier alpha value is -0.130. The van der Waals surface area contributed by atoms with E-state index in [1.165, 1.54) is 0 Å². The summed E-state index contributed by atoms with van der Waals surface area (Å²) in [5, 5.41) is -0.296. The fraction of sp³-hybridized carbons (Fsp3) is 1.00. The molecule has 84 valence electrons. The summed E-state index contributed by atoms with van der Waals surface area (Å²) in [6.07, 6.45) is 0. The van der Waals surface area contributed by atoms with Gasteiger partial charge in [0.05, 0.1) is 5.25 Å². The minimum Gasteiger partial charge on any atom is -0.301 e. The first-order chi connectivity index (χ1) is 6.48. The van der Waals surface area contributed by atoms with E-state index >= 15 is 0 Å². The van der Waals surface area contributed by atoms with Gasteiger partial charge < -0.3 is 4.90 Å². The summed E-state index contributed by atoms with van der Waals surface area (Å²) in [6.45, 7) is 9.61. The number of hydrogen-bond acceptors (Lipinski definition) is 3. The normalized spacial score (nSPS) is 21.7. The third-order valence-electron chi connectivity index (χ3n) is 2.73. The Balaban J connectivity index is 2.58. The van der Waals surface area contributed by atoms with E-state index in [1.54, 1.807) is 18.2 Å². The molecule has 0 N–H and O–H groups in total. The van der Waals surface area contributed by atoms with Gasteiger partial charge in [0.15, 0.2) is 0 Å². The molecule has 1 aliphatic rings. The van der Waals surface area contributed by atoms with Gasteiger partial charge in [0.25, 0.3) is 0 Å². The van der Waals surface area contributed by atoms with Gasteiger partial charge in [-0.1, -0.05) is 6.92 Å². The van der Waals surface area contributed by atoms with Crippen molar-refractivity contribution in [1.29, 1.82) is 0 Å². The van der Waals surface area contributed by atoms with E-state index in [0.29, 0.717) is 13.1 Å². The fourth-order valence-corrected chi connectivity index (χ4v) is 2.87. The monoisotopic (exact) mass is 220 g/mol. The Morgan fingerprint density at radius 1 is 1.14 bits per heavy atom. The van der Waals surface area contributed by atoms with E-state index < -0.39 is 10.0 Å². The Morgan fingerprint density at radius 3 is 2.00 bits per heavy atom. The van der Waals surface area contributed by atoms with E-state index in [9.17, 15) is 8.42 Å². The van der Waals surface area contributed by atoms with Crippen LogP contribution in [0, 0.1) is 0 Å². The lowest BCUT2D eigenvalue weighted by Gasteiger charge is -2.34. The summed E-state index contributed by atoms with van der Waals surface area (Å²) in [6, 6.07) is 0. The first-order valence-electron chi connectivity index (χ1n) is 5.19. The van der Waals surface area contributed by atoms with E-state index in [4.69, 9.17) is 0 Å².